The minimum absolute atomic E-state index is 0.0782. The Morgan fingerprint density at radius 1 is 1.00 bits per heavy atom. The van der Waals surface area contributed by atoms with Crippen molar-refractivity contribution in [2.24, 2.45) is 0 Å². The summed E-state index contributed by atoms with van der Waals surface area (Å²) in [6.07, 6.45) is 1.66. The van der Waals surface area contributed by atoms with Crippen molar-refractivity contribution in [1.29, 1.82) is 5.26 Å². The highest BCUT2D eigenvalue weighted by Gasteiger charge is 2.14. The smallest absolute Gasteiger partial charge is 0.266 e. The molecule has 1 aromatic heterocycles. The molecule has 3 aromatic rings. The molecular formula is C25H25N3O. The zero-order chi connectivity index (χ0) is 21.1. The summed E-state index contributed by atoms with van der Waals surface area (Å²) >= 11 is 0. The number of nitriles is 1. The Morgan fingerprint density at radius 3 is 2.38 bits per heavy atom. The summed E-state index contributed by atoms with van der Waals surface area (Å²) in [4.78, 5) is 12.7. The summed E-state index contributed by atoms with van der Waals surface area (Å²) < 4.78 is 2.13. The van der Waals surface area contributed by atoms with Crippen molar-refractivity contribution in [1.82, 2.24) is 4.57 Å². The van der Waals surface area contributed by atoms with E-state index in [1.807, 2.05) is 64.1 Å². The minimum Gasteiger partial charge on any atom is -0.321 e. The van der Waals surface area contributed by atoms with Crippen molar-refractivity contribution in [2.75, 3.05) is 5.32 Å². The summed E-state index contributed by atoms with van der Waals surface area (Å²) in [7, 11) is 0. The highest BCUT2D eigenvalue weighted by atomic mass is 16.1. The van der Waals surface area contributed by atoms with Gasteiger partial charge in [0, 0.05) is 22.8 Å². The Kier molecular flexibility index (Phi) is 5.70. The lowest BCUT2D eigenvalue weighted by atomic mass is 10.1. The lowest BCUT2D eigenvalue weighted by molar-refractivity contribution is -0.112. The van der Waals surface area contributed by atoms with Crippen LogP contribution in [-0.2, 0) is 4.79 Å². The van der Waals surface area contributed by atoms with E-state index >= 15 is 0 Å². The van der Waals surface area contributed by atoms with Gasteiger partial charge in [-0.25, -0.2) is 0 Å². The minimum atomic E-state index is -0.403. The molecule has 3 rings (SSSR count). The fraction of sp³-hybridized carbons (Fsp3) is 0.200. The molecule has 0 aliphatic heterocycles. The molecule has 1 heterocycles. The van der Waals surface area contributed by atoms with E-state index in [9.17, 15) is 10.1 Å². The maximum absolute atomic E-state index is 12.7. The van der Waals surface area contributed by atoms with Gasteiger partial charge in [0.05, 0.1) is 0 Å². The third-order valence-electron chi connectivity index (χ3n) is 5.03. The highest BCUT2D eigenvalue weighted by molar-refractivity contribution is 6.10. The van der Waals surface area contributed by atoms with Gasteiger partial charge in [0.15, 0.2) is 0 Å². The number of anilines is 1. The van der Waals surface area contributed by atoms with Crippen LogP contribution in [-0.4, -0.2) is 10.5 Å². The summed E-state index contributed by atoms with van der Waals surface area (Å²) in [6, 6.07) is 18.1. The van der Waals surface area contributed by atoms with Crippen molar-refractivity contribution < 1.29 is 4.79 Å². The number of hydrogen-bond acceptors (Lipinski definition) is 2. The van der Waals surface area contributed by atoms with Crippen molar-refractivity contribution >= 4 is 17.7 Å². The zero-order valence-corrected chi connectivity index (χ0v) is 17.5. The third-order valence-corrected chi connectivity index (χ3v) is 5.03. The topological polar surface area (TPSA) is 57.8 Å². The van der Waals surface area contributed by atoms with E-state index in [-0.39, 0.29) is 5.57 Å². The zero-order valence-electron chi connectivity index (χ0n) is 17.5. The van der Waals surface area contributed by atoms with E-state index in [1.54, 1.807) is 6.08 Å². The number of aryl methyl sites for hydroxylation is 4. The van der Waals surface area contributed by atoms with Crippen LogP contribution in [0.25, 0.3) is 11.8 Å². The molecule has 29 heavy (non-hydrogen) atoms. The molecule has 0 spiro atoms. The number of benzene rings is 2. The van der Waals surface area contributed by atoms with Gasteiger partial charge in [0.25, 0.3) is 5.91 Å². The maximum Gasteiger partial charge on any atom is 0.266 e. The lowest BCUT2D eigenvalue weighted by Crippen LogP contribution is -2.14. The first kappa shape index (κ1) is 20.2. The summed E-state index contributed by atoms with van der Waals surface area (Å²) in [5.74, 6) is -0.403. The number of amides is 1. The van der Waals surface area contributed by atoms with E-state index in [2.05, 4.69) is 35.0 Å². The second-order valence-corrected chi connectivity index (χ2v) is 7.44. The van der Waals surface area contributed by atoms with E-state index in [0.717, 1.165) is 33.8 Å². The summed E-state index contributed by atoms with van der Waals surface area (Å²) in [5, 5.41) is 12.4. The van der Waals surface area contributed by atoms with Gasteiger partial charge >= 0.3 is 0 Å². The van der Waals surface area contributed by atoms with Gasteiger partial charge in [-0.15, -0.1) is 0 Å². The van der Waals surface area contributed by atoms with Gasteiger partial charge in [-0.2, -0.15) is 5.26 Å². The molecule has 0 bridgehead atoms. The molecule has 0 radical (unpaired) electrons. The molecule has 146 valence electrons. The van der Waals surface area contributed by atoms with Gasteiger partial charge in [-0.3, -0.25) is 4.79 Å². The van der Waals surface area contributed by atoms with Crippen molar-refractivity contribution in [2.45, 2.75) is 34.6 Å². The molecular weight excluding hydrogens is 358 g/mol. The molecule has 0 aliphatic rings. The maximum atomic E-state index is 12.7. The fourth-order valence-electron chi connectivity index (χ4n) is 3.55. The Labute approximate surface area is 172 Å². The van der Waals surface area contributed by atoms with Crippen LogP contribution in [0.3, 0.4) is 0 Å². The van der Waals surface area contributed by atoms with E-state index < -0.39 is 5.91 Å². The number of rotatable bonds is 4. The van der Waals surface area contributed by atoms with Crippen molar-refractivity contribution in [3.8, 4) is 11.8 Å². The largest absolute Gasteiger partial charge is 0.321 e. The molecule has 4 nitrogen and oxygen atoms in total. The van der Waals surface area contributed by atoms with Crippen LogP contribution in [0.2, 0.25) is 0 Å². The molecule has 0 saturated carbocycles. The number of hydrogen-bond donors (Lipinski definition) is 1. The van der Waals surface area contributed by atoms with E-state index in [4.69, 9.17) is 0 Å². The van der Waals surface area contributed by atoms with Crippen LogP contribution in [0.1, 0.15) is 33.6 Å². The fourth-order valence-corrected chi connectivity index (χ4v) is 3.55. The summed E-state index contributed by atoms with van der Waals surface area (Å²) in [5.41, 5.74) is 8.02. The van der Waals surface area contributed by atoms with Crippen LogP contribution in [0.15, 0.2) is 54.1 Å². The SMILES string of the molecule is Cc1cccc(-n2c(C)cc(/C=C(/C#N)C(=O)Nc3ccc(C)cc3C)c2C)c1. The normalized spacial score (nSPS) is 11.2. The second-order valence-electron chi connectivity index (χ2n) is 7.44. The molecule has 0 saturated heterocycles. The number of nitrogens with one attached hydrogen (secondary N) is 1. The van der Waals surface area contributed by atoms with E-state index in [1.165, 1.54) is 5.56 Å². The average molecular weight is 383 g/mol. The van der Waals surface area contributed by atoms with Crippen molar-refractivity contribution in [3.05, 3.63) is 87.7 Å². The number of carbonyl (C=O) groups is 1. The predicted octanol–water partition coefficient (Wildman–Crippen LogP) is 5.57. The first-order valence-electron chi connectivity index (χ1n) is 9.56. The van der Waals surface area contributed by atoms with Gasteiger partial charge in [0.2, 0.25) is 0 Å². The molecule has 0 fully saturated rings. The van der Waals surface area contributed by atoms with Gasteiger partial charge < -0.3 is 9.88 Å². The first-order chi connectivity index (χ1) is 13.8. The monoisotopic (exact) mass is 383 g/mol. The van der Waals surface area contributed by atoms with Crippen LogP contribution in [0.5, 0.6) is 0 Å². The molecule has 1 amide bonds. The Bertz CT molecular complexity index is 1160. The molecule has 1 N–H and O–H groups in total. The standard InChI is InChI=1S/C25H25N3O/c1-16-7-6-8-23(12-16)28-19(4)13-21(20(28)5)14-22(15-26)25(29)27-24-10-9-17(2)11-18(24)3/h6-14H,1-5H3,(H,27,29)/b22-14-. The van der Waals surface area contributed by atoms with E-state index in [0.29, 0.717) is 5.69 Å². The number of aromatic nitrogens is 1. The van der Waals surface area contributed by atoms with Crippen LogP contribution < -0.4 is 5.32 Å². The molecule has 2 aromatic carbocycles. The third kappa shape index (κ3) is 4.30. The first-order valence-corrected chi connectivity index (χ1v) is 9.56. The average Bonchev–Trinajstić information content (AvgIpc) is 2.95. The predicted molar refractivity (Wildman–Crippen MR) is 118 cm³/mol. The Morgan fingerprint density at radius 2 is 1.72 bits per heavy atom. The van der Waals surface area contributed by atoms with Crippen molar-refractivity contribution in [3.63, 3.8) is 0 Å². The quantitative estimate of drug-likeness (QED) is 0.473. The number of carbonyl (C=O) groups excluding carboxylic acids is 1. The molecule has 4 heteroatoms. The van der Waals surface area contributed by atoms with Crippen LogP contribution in [0.4, 0.5) is 5.69 Å². The van der Waals surface area contributed by atoms with Crippen LogP contribution in [0, 0.1) is 45.9 Å². The molecule has 0 aliphatic carbocycles. The molecule has 0 atom stereocenters. The highest BCUT2D eigenvalue weighted by Crippen LogP contribution is 2.24. The van der Waals surface area contributed by atoms with Gasteiger partial charge in [0.1, 0.15) is 11.6 Å². The number of nitrogens with zero attached hydrogens (tertiary/aromatic N) is 2. The Hall–Kier alpha value is -3.58. The summed E-state index contributed by atoms with van der Waals surface area (Å²) in [6.45, 7) is 10.0. The molecule has 0 unspecified atom stereocenters. The second kappa shape index (κ2) is 8.20. The van der Waals surface area contributed by atoms with Gasteiger partial charge in [-0.05, 0) is 81.7 Å². The van der Waals surface area contributed by atoms with Gasteiger partial charge in [-0.1, -0.05) is 29.8 Å². The lowest BCUT2D eigenvalue weighted by Gasteiger charge is -2.10. The van der Waals surface area contributed by atoms with Crippen LogP contribution >= 0.6 is 0 Å². The Balaban J connectivity index is 1.94.